The zero-order valence-corrected chi connectivity index (χ0v) is 35.5. The molecule has 4 aromatic rings. The topological polar surface area (TPSA) is 198 Å². The predicted octanol–water partition coefficient (Wildman–Crippen LogP) is 6.72. The molecule has 1 heterocycles. The number of fused-ring (bicyclic) bond motifs is 5. The summed E-state index contributed by atoms with van der Waals surface area (Å²) in [5.74, 6) is 1.22. The molecule has 0 radical (unpaired) electrons. The summed E-state index contributed by atoms with van der Waals surface area (Å²) in [6, 6.07) is 16.3. The molecule has 0 amide bonds. The zero-order chi connectivity index (χ0) is 42.3. The highest BCUT2D eigenvalue weighted by Gasteiger charge is 2.27. The Labute approximate surface area is 354 Å². The highest BCUT2D eigenvalue weighted by atomic mass is 33.1. The molecule has 1 aliphatic heterocycles. The summed E-state index contributed by atoms with van der Waals surface area (Å²) in [5.41, 5.74) is 5.98. The Morgan fingerprint density at radius 1 is 0.932 bits per heavy atom. The van der Waals surface area contributed by atoms with E-state index in [9.17, 15) is 40.2 Å². The third-order valence-corrected chi connectivity index (χ3v) is 12.9. The van der Waals surface area contributed by atoms with E-state index >= 15 is 0 Å². The summed E-state index contributed by atoms with van der Waals surface area (Å²) >= 11 is 0. The van der Waals surface area contributed by atoms with Crippen LogP contribution in [0.1, 0.15) is 85.9 Å². The molecule has 5 rings (SSSR count). The lowest BCUT2D eigenvalue weighted by molar-refractivity contribution is -0.124. The Kier molecular flexibility index (Phi) is 18.2. The number of benzene rings is 4. The molecule has 0 aliphatic carbocycles. The number of hydrogen-bond acceptors (Lipinski definition) is 14. The van der Waals surface area contributed by atoms with E-state index in [1.807, 2.05) is 36.4 Å². The van der Waals surface area contributed by atoms with Crippen molar-refractivity contribution < 1.29 is 49.7 Å². The maximum Gasteiger partial charge on any atom is 0.168 e. The van der Waals surface area contributed by atoms with Crippen LogP contribution in [0.15, 0.2) is 54.6 Å². The van der Waals surface area contributed by atoms with Crippen LogP contribution in [-0.2, 0) is 39.5 Å². The second kappa shape index (κ2) is 23.2. The first-order chi connectivity index (χ1) is 28.6. The molecule has 0 unspecified atom stereocenters. The number of phenolic OH excluding ortho intramolecular Hbond substituents is 2. The standard InChI is InChI=1S/C45H58N2O10S2/c1-28(51)24-47-41-21-31(6-5-19-49)39(20-32(41)25-50)45(46-17-3-4-18-48)57-36-14-13-35(54)26-58-59-27-40-37(15-9-29-7-11-34(53)23-38(29)40)43-30(8-12-33(52)22-36)10-16-42(55)44(43)56-2/h7,9-11,15-16,20-21,23,35-36,45-50,53-55H,3-6,8,12-14,17-19,22,24-27H2,1-2H3/t35-,36-,45-/m0/s1. The summed E-state index contributed by atoms with van der Waals surface area (Å²) in [5, 5.41) is 70.8. The average Bonchev–Trinajstić information content (AvgIpc) is 3.22. The van der Waals surface area contributed by atoms with Gasteiger partial charge < -0.3 is 45.4 Å². The number of Topliss-reactive ketones (excluding diaryl/α,β-unsaturated/α-hetero) is 2. The monoisotopic (exact) mass is 850 g/mol. The number of phenols is 2. The van der Waals surface area contributed by atoms with Crippen LogP contribution >= 0.6 is 21.6 Å². The van der Waals surface area contributed by atoms with Gasteiger partial charge in [0.05, 0.1) is 32.5 Å². The minimum Gasteiger partial charge on any atom is -0.508 e. The van der Waals surface area contributed by atoms with Crippen molar-refractivity contribution >= 4 is 49.6 Å². The van der Waals surface area contributed by atoms with Gasteiger partial charge in [-0.3, -0.25) is 14.9 Å². The molecule has 0 bridgehead atoms. The molecule has 8 N–H and O–H groups in total. The molecular formula is C45H58N2O10S2. The van der Waals surface area contributed by atoms with Crippen LogP contribution in [0.3, 0.4) is 0 Å². The lowest BCUT2D eigenvalue weighted by atomic mass is 9.89. The van der Waals surface area contributed by atoms with E-state index in [0.29, 0.717) is 85.6 Å². The third-order valence-electron chi connectivity index (χ3n) is 10.5. The molecule has 14 heteroatoms. The van der Waals surface area contributed by atoms with Crippen LogP contribution in [0.2, 0.25) is 0 Å². The van der Waals surface area contributed by atoms with Gasteiger partial charge in [-0.2, -0.15) is 0 Å². The van der Waals surface area contributed by atoms with Gasteiger partial charge in [0, 0.05) is 54.4 Å². The molecule has 320 valence electrons. The molecule has 0 saturated carbocycles. The van der Waals surface area contributed by atoms with Crippen LogP contribution < -0.4 is 15.4 Å². The molecule has 59 heavy (non-hydrogen) atoms. The van der Waals surface area contributed by atoms with Crippen LogP contribution in [0.25, 0.3) is 21.9 Å². The van der Waals surface area contributed by atoms with E-state index in [0.717, 1.165) is 38.6 Å². The average molecular weight is 851 g/mol. The maximum absolute atomic E-state index is 14.1. The van der Waals surface area contributed by atoms with Gasteiger partial charge in [-0.15, -0.1) is 0 Å². The van der Waals surface area contributed by atoms with Gasteiger partial charge in [-0.1, -0.05) is 45.9 Å². The number of aliphatic hydroxyl groups excluding tert-OH is 4. The summed E-state index contributed by atoms with van der Waals surface area (Å²) in [4.78, 5) is 25.9. The van der Waals surface area contributed by atoms with Gasteiger partial charge >= 0.3 is 0 Å². The fourth-order valence-corrected chi connectivity index (χ4v) is 9.76. The van der Waals surface area contributed by atoms with E-state index in [-0.39, 0.29) is 62.3 Å². The van der Waals surface area contributed by atoms with Crippen molar-refractivity contribution in [2.75, 3.05) is 44.5 Å². The fourth-order valence-electron chi connectivity index (χ4n) is 7.47. The van der Waals surface area contributed by atoms with Crippen molar-refractivity contribution in [3.05, 3.63) is 82.4 Å². The normalized spacial score (nSPS) is 17.3. The Hall–Kier alpha value is -3.86. The number of ether oxygens (including phenoxy) is 2. The predicted molar refractivity (Wildman–Crippen MR) is 235 cm³/mol. The van der Waals surface area contributed by atoms with Crippen molar-refractivity contribution in [1.82, 2.24) is 5.32 Å². The number of carbonyl (C=O) groups excluding carboxylic acids is 2. The minimum absolute atomic E-state index is 0.0320. The Balaban J connectivity index is 1.51. The number of methoxy groups -OCH3 is 1. The number of carbonyl (C=O) groups is 2. The summed E-state index contributed by atoms with van der Waals surface area (Å²) < 4.78 is 12.6. The summed E-state index contributed by atoms with van der Waals surface area (Å²) in [6.07, 6.45) is 1.48. The lowest BCUT2D eigenvalue weighted by Gasteiger charge is -2.29. The van der Waals surface area contributed by atoms with Gasteiger partial charge in [0.1, 0.15) is 23.5 Å². The summed E-state index contributed by atoms with van der Waals surface area (Å²) in [6.45, 7) is 1.74. The number of unbranched alkanes of at least 4 members (excludes halogenated alkanes) is 1. The number of hydrogen-bond donors (Lipinski definition) is 8. The molecule has 0 aromatic heterocycles. The van der Waals surface area contributed by atoms with Crippen molar-refractivity contribution in [3.63, 3.8) is 0 Å². The van der Waals surface area contributed by atoms with Crippen LogP contribution in [-0.4, -0.2) is 93.6 Å². The molecule has 4 aromatic carbocycles. The van der Waals surface area contributed by atoms with Crippen molar-refractivity contribution in [1.29, 1.82) is 0 Å². The molecule has 12 nitrogen and oxygen atoms in total. The Morgan fingerprint density at radius 3 is 2.47 bits per heavy atom. The number of aryl methyl sites for hydroxylation is 2. The van der Waals surface area contributed by atoms with Crippen molar-refractivity contribution in [3.8, 4) is 28.4 Å². The zero-order valence-electron chi connectivity index (χ0n) is 33.9. The second-order valence-corrected chi connectivity index (χ2v) is 17.4. The third kappa shape index (κ3) is 12.8. The number of nitrogens with one attached hydrogen (secondary N) is 2. The lowest BCUT2D eigenvalue weighted by Crippen LogP contribution is -2.32. The maximum atomic E-state index is 14.1. The minimum atomic E-state index is -0.737. The van der Waals surface area contributed by atoms with Gasteiger partial charge in [-0.25, -0.2) is 0 Å². The van der Waals surface area contributed by atoms with Crippen LogP contribution in [0.5, 0.6) is 17.2 Å². The van der Waals surface area contributed by atoms with Gasteiger partial charge in [0.25, 0.3) is 0 Å². The Bertz CT molecular complexity index is 2030. The van der Waals surface area contributed by atoms with E-state index in [1.165, 1.54) is 24.8 Å². The van der Waals surface area contributed by atoms with Gasteiger partial charge in [-0.05, 0) is 127 Å². The molecule has 0 spiro atoms. The molecule has 0 fully saturated rings. The van der Waals surface area contributed by atoms with Crippen LogP contribution in [0, 0.1) is 0 Å². The summed E-state index contributed by atoms with van der Waals surface area (Å²) in [7, 11) is 4.62. The van der Waals surface area contributed by atoms with Crippen molar-refractivity contribution in [2.45, 2.75) is 95.5 Å². The fraction of sp³-hybridized carbons (Fsp3) is 0.467. The smallest absolute Gasteiger partial charge is 0.168 e. The van der Waals surface area contributed by atoms with E-state index < -0.39 is 18.4 Å². The molecule has 1 aliphatic rings. The largest absolute Gasteiger partial charge is 0.508 e. The van der Waals surface area contributed by atoms with E-state index in [2.05, 4.69) is 10.6 Å². The molecular weight excluding hydrogens is 793 g/mol. The van der Waals surface area contributed by atoms with Crippen molar-refractivity contribution in [2.24, 2.45) is 0 Å². The number of anilines is 1. The Morgan fingerprint density at radius 2 is 1.73 bits per heavy atom. The number of aromatic hydroxyl groups is 2. The molecule has 3 atom stereocenters. The van der Waals surface area contributed by atoms with Gasteiger partial charge in [0.2, 0.25) is 0 Å². The highest BCUT2D eigenvalue weighted by Crippen LogP contribution is 2.46. The molecule has 0 saturated heterocycles. The number of ketones is 2. The number of rotatable bonds is 16. The number of aliphatic hydroxyl groups is 4. The first-order valence-corrected chi connectivity index (χ1v) is 22.7. The van der Waals surface area contributed by atoms with E-state index in [1.54, 1.807) is 29.0 Å². The second-order valence-electron chi connectivity index (χ2n) is 14.9. The first-order valence-electron chi connectivity index (χ1n) is 20.2. The van der Waals surface area contributed by atoms with E-state index in [4.69, 9.17) is 9.47 Å². The SMILES string of the molecule is COc1c(O)ccc2c1-c1ccc3ccc(O)cc3c1CSSC[C@@H](O)CC[C@H](O[C@H](NCCCCO)c1cc(CO)c(NCC(C)=O)cc1CCCO)CC(=O)CC2. The van der Waals surface area contributed by atoms with Crippen LogP contribution in [0.4, 0.5) is 5.69 Å². The first kappa shape index (κ1) is 46.2. The van der Waals surface area contributed by atoms with Gasteiger partial charge in [0.15, 0.2) is 11.5 Å². The quantitative estimate of drug-likeness (QED) is 0.0336. The highest BCUT2D eigenvalue weighted by molar-refractivity contribution is 8.76.